The first-order chi connectivity index (χ1) is 10.8. The first kappa shape index (κ1) is 12.8. The van der Waals surface area contributed by atoms with Crippen LogP contribution in [-0.4, -0.2) is 4.98 Å². The molecule has 4 aromatic rings. The Labute approximate surface area is 129 Å². The number of rotatable bonds is 2. The Morgan fingerprint density at radius 1 is 0.682 bits per heavy atom. The molecule has 0 radical (unpaired) electrons. The SMILES string of the molecule is Cc1cccc2nc(-c3ccc(-c4ccccc4)cc3)oc12. The molecular formula is C20H15NO. The molecule has 2 heteroatoms. The molecule has 22 heavy (non-hydrogen) atoms. The molecule has 0 aliphatic carbocycles. The average Bonchev–Trinajstić information content (AvgIpc) is 3.02. The number of para-hydroxylation sites is 1. The van der Waals surface area contributed by atoms with Crippen LogP contribution in [0.15, 0.2) is 77.2 Å². The lowest BCUT2D eigenvalue weighted by atomic mass is 10.0. The van der Waals surface area contributed by atoms with Gasteiger partial charge in [-0.25, -0.2) is 4.98 Å². The zero-order valence-electron chi connectivity index (χ0n) is 12.3. The summed E-state index contributed by atoms with van der Waals surface area (Å²) in [5.74, 6) is 0.670. The number of hydrogen-bond donors (Lipinski definition) is 0. The van der Waals surface area contributed by atoms with E-state index in [2.05, 4.69) is 41.4 Å². The summed E-state index contributed by atoms with van der Waals surface area (Å²) in [5, 5.41) is 0. The van der Waals surface area contributed by atoms with E-state index >= 15 is 0 Å². The molecule has 0 bridgehead atoms. The van der Waals surface area contributed by atoms with Crippen molar-refractivity contribution in [2.24, 2.45) is 0 Å². The molecule has 0 saturated carbocycles. The van der Waals surface area contributed by atoms with E-state index in [9.17, 15) is 0 Å². The van der Waals surface area contributed by atoms with Gasteiger partial charge >= 0.3 is 0 Å². The molecular weight excluding hydrogens is 270 g/mol. The predicted molar refractivity (Wildman–Crippen MR) is 89.6 cm³/mol. The zero-order valence-corrected chi connectivity index (χ0v) is 12.3. The fourth-order valence-corrected chi connectivity index (χ4v) is 2.65. The van der Waals surface area contributed by atoms with E-state index in [-0.39, 0.29) is 0 Å². The Morgan fingerprint density at radius 2 is 1.36 bits per heavy atom. The Kier molecular flexibility index (Phi) is 3.01. The molecule has 0 N–H and O–H groups in total. The molecule has 0 aliphatic rings. The van der Waals surface area contributed by atoms with Gasteiger partial charge in [0, 0.05) is 5.56 Å². The first-order valence-electron chi connectivity index (χ1n) is 7.33. The highest BCUT2D eigenvalue weighted by Gasteiger charge is 2.09. The molecule has 0 atom stereocenters. The van der Waals surface area contributed by atoms with E-state index in [1.165, 1.54) is 11.1 Å². The molecule has 1 heterocycles. The van der Waals surface area contributed by atoms with Gasteiger partial charge in [0.15, 0.2) is 5.58 Å². The van der Waals surface area contributed by atoms with Crippen molar-refractivity contribution in [3.63, 3.8) is 0 Å². The minimum absolute atomic E-state index is 0.670. The van der Waals surface area contributed by atoms with Crippen molar-refractivity contribution in [2.75, 3.05) is 0 Å². The quantitative estimate of drug-likeness (QED) is 0.488. The molecule has 3 aromatic carbocycles. The fourth-order valence-electron chi connectivity index (χ4n) is 2.65. The van der Waals surface area contributed by atoms with Crippen LogP contribution in [0.5, 0.6) is 0 Å². The standard InChI is InChI=1S/C20H15NO/c1-14-6-5-9-18-19(14)22-20(21-18)17-12-10-16(11-13-17)15-7-3-2-4-8-15/h2-13H,1H3. The Balaban J connectivity index is 1.74. The molecule has 4 rings (SSSR count). The van der Waals surface area contributed by atoms with Crippen LogP contribution in [0.3, 0.4) is 0 Å². The number of oxazole rings is 1. The number of benzene rings is 3. The maximum absolute atomic E-state index is 5.92. The van der Waals surface area contributed by atoms with Gasteiger partial charge in [-0.3, -0.25) is 0 Å². The van der Waals surface area contributed by atoms with Crippen LogP contribution in [0.4, 0.5) is 0 Å². The molecule has 0 amide bonds. The molecule has 0 saturated heterocycles. The van der Waals surface area contributed by atoms with Crippen LogP contribution in [-0.2, 0) is 0 Å². The van der Waals surface area contributed by atoms with Gasteiger partial charge in [0.2, 0.25) is 5.89 Å². The van der Waals surface area contributed by atoms with E-state index in [4.69, 9.17) is 4.42 Å². The zero-order chi connectivity index (χ0) is 14.9. The third-order valence-corrected chi connectivity index (χ3v) is 3.85. The number of aryl methyl sites for hydroxylation is 1. The van der Waals surface area contributed by atoms with Crippen LogP contribution in [0.1, 0.15) is 5.56 Å². The highest BCUT2D eigenvalue weighted by Crippen LogP contribution is 2.28. The summed E-state index contributed by atoms with van der Waals surface area (Å²) >= 11 is 0. The average molecular weight is 285 g/mol. The lowest BCUT2D eigenvalue weighted by molar-refractivity contribution is 0.617. The highest BCUT2D eigenvalue weighted by atomic mass is 16.3. The summed E-state index contributed by atoms with van der Waals surface area (Å²) in [6, 6.07) is 24.7. The monoisotopic (exact) mass is 285 g/mol. The van der Waals surface area contributed by atoms with Crippen LogP contribution >= 0.6 is 0 Å². The van der Waals surface area contributed by atoms with E-state index in [0.717, 1.165) is 22.2 Å². The third kappa shape index (κ3) is 2.19. The van der Waals surface area contributed by atoms with Gasteiger partial charge in [-0.15, -0.1) is 0 Å². The van der Waals surface area contributed by atoms with Gasteiger partial charge < -0.3 is 4.42 Å². The summed E-state index contributed by atoms with van der Waals surface area (Å²) in [6.45, 7) is 2.04. The number of fused-ring (bicyclic) bond motifs is 1. The van der Waals surface area contributed by atoms with Crippen molar-refractivity contribution < 1.29 is 4.42 Å². The molecule has 106 valence electrons. The largest absolute Gasteiger partial charge is 0.436 e. The van der Waals surface area contributed by atoms with Crippen molar-refractivity contribution in [3.8, 4) is 22.6 Å². The second kappa shape index (κ2) is 5.15. The second-order valence-corrected chi connectivity index (χ2v) is 5.39. The van der Waals surface area contributed by atoms with Crippen LogP contribution in [0.25, 0.3) is 33.7 Å². The Morgan fingerprint density at radius 3 is 2.09 bits per heavy atom. The van der Waals surface area contributed by atoms with Crippen LogP contribution in [0.2, 0.25) is 0 Å². The number of nitrogens with zero attached hydrogens (tertiary/aromatic N) is 1. The lowest BCUT2D eigenvalue weighted by Crippen LogP contribution is -1.79. The summed E-state index contributed by atoms with van der Waals surface area (Å²) in [5.41, 5.74) is 6.28. The van der Waals surface area contributed by atoms with E-state index in [0.29, 0.717) is 5.89 Å². The Bertz CT molecular complexity index is 921. The van der Waals surface area contributed by atoms with Gasteiger partial charge in [-0.05, 0) is 41.8 Å². The molecule has 1 aromatic heterocycles. The predicted octanol–water partition coefficient (Wildman–Crippen LogP) is 5.47. The van der Waals surface area contributed by atoms with Crippen LogP contribution < -0.4 is 0 Å². The molecule has 0 aliphatic heterocycles. The maximum atomic E-state index is 5.92. The van der Waals surface area contributed by atoms with Crippen molar-refractivity contribution in [1.82, 2.24) is 4.98 Å². The van der Waals surface area contributed by atoms with Gasteiger partial charge in [-0.1, -0.05) is 54.6 Å². The Hall–Kier alpha value is -2.87. The van der Waals surface area contributed by atoms with E-state index in [1.54, 1.807) is 0 Å². The first-order valence-corrected chi connectivity index (χ1v) is 7.33. The topological polar surface area (TPSA) is 26.0 Å². The molecule has 0 unspecified atom stereocenters. The molecule has 0 spiro atoms. The van der Waals surface area contributed by atoms with Gasteiger partial charge in [-0.2, -0.15) is 0 Å². The van der Waals surface area contributed by atoms with E-state index < -0.39 is 0 Å². The van der Waals surface area contributed by atoms with Gasteiger partial charge in [0.25, 0.3) is 0 Å². The molecule has 2 nitrogen and oxygen atoms in total. The second-order valence-electron chi connectivity index (χ2n) is 5.39. The summed E-state index contributed by atoms with van der Waals surface area (Å²) in [6.07, 6.45) is 0. The number of aromatic nitrogens is 1. The number of hydrogen-bond acceptors (Lipinski definition) is 2. The lowest BCUT2D eigenvalue weighted by Gasteiger charge is -2.02. The fraction of sp³-hybridized carbons (Fsp3) is 0.0500. The van der Waals surface area contributed by atoms with E-state index in [1.807, 2.05) is 43.3 Å². The smallest absolute Gasteiger partial charge is 0.227 e. The normalized spacial score (nSPS) is 11.0. The highest BCUT2D eigenvalue weighted by molar-refractivity contribution is 5.79. The minimum atomic E-state index is 0.670. The third-order valence-electron chi connectivity index (χ3n) is 3.85. The van der Waals surface area contributed by atoms with Crippen molar-refractivity contribution in [3.05, 3.63) is 78.4 Å². The molecule has 0 fully saturated rings. The van der Waals surface area contributed by atoms with Gasteiger partial charge in [0.05, 0.1) is 0 Å². The summed E-state index contributed by atoms with van der Waals surface area (Å²) in [4.78, 5) is 4.58. The summed E-state index contributed by atoms with van der Waals surface area (Å²) in [7, 11) is 0. The minimum Gasteiger partial charge on any atom is -0.436 e. The summed E-state index contributed by atoms with van der Waals surface area (Å²) < 4.78 is 5.92. The van der Waals surface area contributed by atoms with Crippen LogP contribution in [0, 0.1) is 6.92 Å². The van der Waals surface area contributed by atoms with Crippen molar-refractivity contribution in [2.45, 2.75) is 6.92 Å². The maximum Gasteiger partial charge on any atom is 0.227 e. The van der Waals surface area contributed by atoms with Crippen molar-refractivity contribution >= 4 is 11.1 Å². The van der Waals surface area contributed by atoms with Gasteiger partial charge in [0.1, 0.15) is 5.52 Å². The van der Waals surface area contributed by atoms with Crippen molar-refractivity contribution in [1.29, 1.82) is 0 Å².